The van der Waals surface area contributed by atoms with Crippen molar-refractivity contribution in [3.8, 4) is 0 Å². The van der Waals surface area contributed by atoms with Gasteiger partial charge >= 0.3 is 6.18 Å². The molecule has 0 fully saturated rings. The molecule has 0 aliphatic heterocycles. The van der Waals surface area contributed by atoms with Crippen molar-refractivity contribution in [1.29, 1.82) is 0 Å². The van der Waals surface area contributed by atoms with Gasteiger partial charge in [0.05, 0.1) is 16.3 Å². The molecule has 0 unspecified atom stereocenters. The number of thiophene rings is 2. The molecule has 0 atom stereocenters. The zero-order chi connectivity index (χ0) is 20.5. The van der Waals surface area contributed by atoms with E-state index in [0.717, 1.165) is 34.8 Å². The number of rotatable bonds is 5. The van der Waals surface area contributed by atoms with Crippen LogP contribution in [0.15, 0.2) is 40.8 Å². The molecule has 0 spiro atoms. The first kappa shape index (κ1) is 20.4. The number of benzene rings is 1. The Kier molecular flexibility index (Phi) is 5.82. The molecule has 1 amide bonds. The predicted octanol–water partition coefficient (Wildman–Crippen LogP) is 5.68. The van der Waals surface area contributed by atoms with Gasteiger partial charge in [0.2, 0.25) is 0 Å². The van der Waals surface area contributed by atoms with Crippen LogP contribution in [-0.4, -0.2) is 23.6 Å². The summed E-state index contributed by atoms with van der Waals surface area (Å²) in [4.78, 5) is 24.2. The highest BCUT2D eigenvalue weighted by Gasteiger charge is 2.37. The average molecular weight is 449 g/mol. The summed E-state index contributed by atoms with van der Waals surface area (Å²) in [6.45, 7) is 0. The van der Waals surface area contributed by atoms with Crippen molar-refractivity contribution in [1.82, 2.24) is 5.43 Å². The summed E-state index contributed by atoms with van der Waals surface area (Å²) >= 11 is 7.89. The van der Waals surface area contributed by atoms with Crippen LogP contribution in [0.2, 0.25) is 5.02 Å². The minimum atomic E-state index is -4.91. The molecular formula is C17H9ClF4N2O2S2. The third-order valence-electron chi connectivity index (χ3n) is 3.54. The number of hydrazone groups is 1. The number of ketones is 1. The van der Waals surface area contributed by atoms with Crippen molar-refractivity contribution < 1.29 is 27.2 Å². The summed E-state index contributed by atoms with van der Waals surface area (Å²) in [5, 5.41) is 5.04. The minimum Gasteiger partial charge on any atom is -0.293 e. The van der Waals surface area contributed by atoms with Gasteiger partial charge in [0.25, 0.3) is 5.91 Å². The van der Waals surface area contributed by atoms with E-state index in [1.54, 1.807) is 10.8 Å². The van der Waals surface area contributed by atoms with E-state index in [1.807, 2.05) is 0 Å². The van der Waals surface area contributed by atoms with E-state index < -0.39 is 35.8 Å². The van der Waals surface area contributed by atoms with Gasteiger partial charge in [-0.05, 0) is 29.6 Å². The van der Waals surface area contributed by atoms with Gasteiger partial charge in [-0.1, -0.05) is 17.7 Å². The van der Waals surface area contributed by atoms with Gasteiger partial charge in [0, 0.05) is 10.1 Å². The highest BCUT2D eigenvalue weighted by molar-refractivity contribution is 7.21. The lowest BCUT2D eigenvalue weighted by atomic mass is 10.1. The van der Waals surface area contributed by atoms with Gasteiger partial charge in [-0.3, -0.25) is 9.59 Å². The molecule has 146 valence electrons. The van der Waals surface area contributed by atoms with E-state index in [2.05, 4.69) is 5.10 Å². The Morgan fingerprint density at radius 1 is 1.21 bits per heavy atom. The number of nitrogens with zero attached hydrogens (tertiary/aromatic N) is 1. The van der Waals surface area contributed by atoms with Crippen LogP contribution in [0.4, 0.5) is 17.6 Å². The van der Waals surface area contributed by atoms with Gasteiger partial charge in [-0.2, -0.15) is 18.3 Å². The molecule has 28 heavy (non-hydrogen) atoms. The van der Waals surface area contributed by atoms with Crippen LogP contribution < -0.4 is 5.43 Å². The van der Waals surface area contributed by atoms with E-state index in [9.17, 15) is 27.2 Å². The first-order chi connectivity index (χ1) is 13.2. The lowest BCUT2D eigenvalue weighted by molar-refractivity contribution is -0.0605. The Morgan fingerprint density at radius 2 is 1.96 bits per heavy atom. The topological polar surface area (TPSA) is 58.5 Å². The maximum Gasteiger partial charge on any atom is 0.431 e. The second kappa shape index (κ2) is 7.98. The van der Waals surface area contributed by atoms with E-state index in [4.69, 9.17) is 11.6 Å². The first-order valence-corrected chi connectivity index (χ1v) is 9.62. The standard InChI is InChI=1S/C17H9ClF4N2O2S2/c18-14-9-4-3-8(19)6-12(9)28-15(14)16(26)24-23-13(17(20,21)22)7-10(25)11-2-1-5-27-11/h1-6H,7H2,(H,24,26). The fourth-order valence-electron chi connectivity index (χ4n) is 2.23. The zero-order valence-electron chi connectivity index (χ0n) is 13.6. The first-order valence-electron chi connectivity index (χ1n) is 7.55. The van der Waals surface area contributed by atoms with E-state index >= 15 is 0 Å². The molecule has 11 heteroatoms. The molecule has 1 N–H and O–H groups in total. The number of carbonyl (C=O) groups is 2. The summed E-state index contributed by atoms with van der Waals surface area (Å²) < 4.78 is 53.2. The van der Waals surface area contributed by atoms with Crippen molar-refractivity contribution in [2.24, 2.45) is 5.10 Å². The fraction of sp³-hybridized carbons (Fsp3) is 0.118. The van der Waals surface area contributed by atoms with Crippen molar-refractivity contribution in [2.75, 3.05) is 0 Å². The fourth-order valence-corrected chi connectivity index (χ4v) is 4.33. The largest absolute Gasteiger partial charge is 0.431 e. The number of hydrogen-bond donors (Lipinski definition) is 1. The molecule has 0 bridgehead atoms. The SMILES string of the molecule is O=C(CC(=NNC(=O)c1sc2cc(F)ccc2c1Cl)C(F)(F)F)c1cccs1. The number of halogens is 5. The summed E-state index contributed by atoms with van der Waals surface area (Å²) in [6, 6.07) is 6.61. The quantitative estimate of drug-likeness (QED) is 0.236. The second-order valence-electron chi connectivity index (χ2n) is 5.46. The van der Waals surface area contributed by atoms with Crippen LogP contribution in [0.25, 0.3) is 10.1 Å². The van der Waals surface area contributed by atoms with Gasteiger partial charge < -0.3 is 0 Å². The molecule has 0 aliphatic rings. The molecule has 0 saturated heterocycles. The molecule has 0 aliphatic carbocycles. The molecule has 2 heterocycles. The molecule has 0 radical (unpaired) electrons. The number of hydrogen-bond acceptors (Lipinski definition) is 5. The van der Waals surface area contributed by atoms with E-state index in [-0.39, 0.29) is 14.8 Å². The third kappa shape index (κ3) is 4.40. The van der Waals surface area contributed by atoms with Gasteiger partial charge in [-0.15, -0.1) is 22.7 Å². The predicted molar refractivity (Wildman–Crippen MR) is 101 cm³/mol. The zero-order valence-corrected chi connectivity index (χ0v) is 16.0. The minimum absolute atomic E-state index is 0.0177. The van der Waals surface area contributed by atoms with E-state index in [1.165, 1.54) is 18.2 Å². The molecule has 1 aromatic carbocycles. The molecule has 0 saturated carbocycles. The monoisotopic (exact) mass is 448 g/mol. The highest BCUT2D eigenvalue weighted by Crippen LogP contribution is 2.35. The average Bonchev–Trinajstić information content (AvgIpc) is 3.25. The maximum absolute atomic E-state index is 13.3. The smallest absolute Gasteiger partial charge is 0.293 e. The molecule has 2 aromatic heterocycles. The van der Waals surface area contributed by atoms with Crippen molar-refractivity contribution in [3.63, 3.8) is 0 Å². The van der Waals surface area contributed by atoms with Crippen LogP contribution in [0, 0.1) is 5.82 Å². The van der Waals surface area contributed by atoms with Crippen LogP contribution in [0.5, 0.6) is 0 Å². The molecular weight excluding hydrogens is 440 g/mol. The Hall–Kier alpha value is -2.30. The lowest BCUT2D eigenvalue weighted by Crippen LogP contribution is -2.30. The van der Waals surface area contributed by atoms with Crippen LogP contribution in [-0.2, 0) is 0 Å². The molecule has 4 nitrogen and oxygen atoms in total. The number of alkyl halides is 3. The number of fused-ring (bicyclic) bond motifs is 1. The molecule has 3 rings (SSSR count). The summed E-state index contributed by atoms with van der Waals surface area (Å²) in [6.07, 6.45) is -5.93. The normalized spacial score (nSPS) is 12.4. The Labute approximate surface area is 168 Å². The maximum atomic E-state index is 13.3. The van der Waals surface area contributed by atoms with Crippen LogP contribution >= 0.6 is 34.3 Å². The third-order valence-corrected chi connectivity index (χ3v) is 6.11. The van der Waals surface area contributed by atoms with Gasteiger partial charge in [0.15, 0.2) is 5.78 Å². The lowest BCUT2D eigenvalue weighted by Gasteiger charge is -2.09. The molecule has 3 aromatic rings. The number of amides is 1. The van der Waals surface area contributed by atoms with E-state index in [0.29, 0.717) is 10.1 Å². The van der Waals surface area contributed by atoms with Gasteiger partial charge in [0.1, 0.15) is 16.4 Å². The highest BCUT2D eigenvalue weighted by atomic mass is 35.5. The van der Waals surface area contributed by atoms with Crippen molar-refractivity contribution >= 4 is 61.8 Å². The van der Waals surface area contributed by atoms with Gasteiger partial charge in [-0.25, -0.2) is 9.82 Å². The van der Waals surface area contributed by atoms with Crippen molar-refractivity contribution in [2.45, 2.75) is 12.6 Å². The van der Waals surface area contributed by atoms with Crippen molar-refractivity contribution in [3.05, 3.63) is 56.3 Å². The number of Topliss-reactive ketones (excluding diaryl/α,β-unsaturated/α-hetero) is 1. The Bertz CT molecular complexity index is 1070. The Morgan fingerprint density at radius 3 is 2.61 bits per heavy atom. The second-order valence-corrected chi connectivity index (χ2v) is 7.84. The van der Waals surface area contributed by atoms with Crippen LogP contribution in [0.3, 0.4) is 0 Å². The Balaban J connectivity index is 1.83. The number of nitrogens with one attached hydrogen (secondary N) is 1. The summed E-state index contributed by atoms with van der Waals surface area (Å²) in [5.74, 6) is -2.30. The number of carbonyl (C=O) groups excluding carboxylic acids is 2. The summed E-state index contributed by atoms with van der Waals surface area (Å²) in [7, 11) is 0. The summed E-state index contributed by atoms with van der Waals surface area (Å²) in [5.41, 5.74) is 0.343. The van der Waals surface area contributed by atoms with Crippen LogP contribution in [0.1, 0.15) is 25.8 Å².